The molecule has 0 radical (unpaired) electrons. The van der Waals surface area contributed by atoms with E-state index < -0.39 is 0 Å². The van der Waals surface area contributed by atoms with Crippen LogP contribution in [0.2, 0.25) is 0 Å². The van der Waals surface area contributed by atoms with Crippen LogP contribution in [-0.2, 0) is 20.0 Å². The highest BCUT2D eigenvalue weighted by atomic mass is 127. The molecule has 0 spiro atoms. The molecule has 0 unspecified atom stereocenters. The van der Waals surface area contributed by atoms with Crippen molar-refractivity contribution in [3.8, 4) is 5.75 Å². The van der Waals surface area contributed by atoms with Gasteiger partial charge in [0, 0.05) is 27.7 Å². The zero-order valence-electron chi connectivity index (χ0n) is 16.8. The quantitative estimate of drug-likeness (QED) is 0.353. The number of nitrogens with zero attached hydrogens (tertiary/aromatic N) is 5. The van der Waals surface area contributed by atoms with E-state index in [0.717, 1.165) is 37.1 Å². The first kappa shape index (κ1) is 23.2. The van der Waals surface area contributed by atoms with Gasteiger partial charge >= 0.3 is 0 Å². The van der Waals surface area contributed by atoms with Gasteiger partial charge in [0.1, 0.15) is 17.9 Å². The molecule has 0 amide bonds. The number of aromatic nitrogens is 3. The van der Waals surface area contributed by atoms with Gasteiger partial charge in [-0.3, -0.25) is 9.67 Å². The van der Waals surface area contributed by atoms with Crippen molar-refractivity contribution in [1.29, 1.82) is 0 Å². The summed E-state index contributed by atoms with van der Waals surface area (Å²) in [5, 5.41) is 7.49. The van der Waals surface area contributed by atoms with Gasteiger partial charge in [0.05, 0.1) is 13.2 Å². The van der Waals surface area contributed by atoms with Crippen LogP contribution in [0.25, 0.3) is 0 Å². The molecule has 0 bridgehead atoms. The molecule has 1 aromatic carbocycles. The SMILES string of the molecule is CN=C(NCCc1ccc(OCC(C)C)cc1)N(C)Cc1ncnn1C.I. The molecule has 7 nitrogen and oxygen atoms in total. The lowest BCUT2D eigenvalue weighted by molar-refractivity contribution is 0.271. The Morgan fingerprint density at radius 2 is 2.00 bits per heavy atom. The van der Waals surface area contributed by atoms with Gasteiger partial charge in [-0.25, -0.2) is 4.98 Å². The van der Waals surface area contributed by atoms with E-state index in [4.69, 9.17) is 4.74 Å². The van der Waals surface area contributed by atoms with Gasteiger partial charge < -0.3 is 15.0 Å². The first-order valence-electron chi connectivity index (χ1n) is 8.96. The van der Waals surface area contributed by atoms with Crippen molar-refractivity contribution in [3.63, 3.8) is 0 Å². The zero-order chi connectivity index (χ0) is 18.9. The Bertz CT molecular complexity index is 698. The third-order valence-electron chi connectivity index (χ3n) is 3.96. The highest BCUT2D eigenvalue weighted by Crippen LogP contribution is 2.13. The number of halogens is 1. The molecule has 1 N–H and O–H groups in total. The highest BCUT2D eigenvalue weighted by Gasteiger charge is 2.09. The number of aryl methyl sites for hydroxylation is 1. The number of hydrogen-bond acceptors (Lipinski definition) is 4. The molecule has 0 aliphatic carbocycles. The van der Waals surface area contributed by atoms with E-state index in [9.17, 15) is 0 Å². The maximum Gasteiger partial charge on any atom is 0.193 e. The van der Waals surface area contributed by atoms with Crippen molar-refractivity contribution in [2.45, 2.75) is 26.8 Å². The summed E-state index contributed by atoms with van der Waals surface area (Å²) in [4.78, 5) is 10.6. The standard InChI is InChI=1S/C19H30N6O.HI/c1-15(2)13-26-17-8-6-16(7-9-17)10-11-21-19(20-3)24(4)12-18-22-14-23-25(18)5;/h6-9,14-15H,10-13H2,1-5H3,(H,20,21);1H. The van der Waals surface area contributed by atoms with Crippen LogP contribution in [-0.4, -0.2) is 52.9 Å². The number of benzene rings is 1. The largest absolute Gasteiger partial charge is 0.493 e. The summed E-state index contributed by atoms with van der Waals surface area (Å²) in [6.07, 6.45) is 2.48. The number of guanidine groups is 1. The predicted molar refractivity (Wildman–Crippen MR) is 120 cm³/mol. The fourth-order valence-electron chi connectivity index (χ4n) is 2.47. The molecule has 0 fully saturated rings. The van der Waals surface area contributed by atoms with Gasteiger partial charge in [0.25, 0.3) is 0 Å². The van der Waals surface area contributed by atoms with Crippen molar-refractivity contribution >= 4 is 29.9 Å². The summed E-state index contributed by atoms with van der Waals surface area (Å²) >= 11 is 0. The molecular formula is C19H31IN6O. The summed E-state index contributed by atoms with van der Waals surface area (Å²) in [6.45, 7) is 6.50. The normalized spacial score (nSPS) is 11.3. The predicted octanol–water partition coefficient (Wildman–Crippen LogP) is 2.72. The van der Waals surface area contributed by atoms with E-state index >= 15 is 0 Å². The monoisotopic (exact) mass is 486 g/mol. The van der Waals surface area contributed by atoms with Crippen LogP contribution in [0.5, 0.6) is 5.75 Å². The molecule has 0 aliphatic rings. The Hall–Kier alpha value is -1.84. The van der Waals surface area contributed by atoms with Crippen molar-refractivity contribution in [2.24, 2.45) is 18.0 Å². The number of ether oxygens (including phenoxy) is 1. The Balaban J connectivity index is 0.00000364. The molecule has 0 saturated heterocycles. The number of aliphatic imine (C=N–C) groups is 1. The molecule has 1 heterocycles. The van der Waals surface area contributed by atoms with E-state index in [2.05, 4.69) is 46.4 Å². The van der Waals surface area contributed by atoms with Gasteiger partial charge in [-0.2, -0.15) is 5.10 Å². The van der Waals surface area contributed by atoms with Crippen LogP contribution in [0.3, 0.4) is 0 Å². The Kier molecular flexibility index (Phi) is 10.1. The van der Waals surface area contributed by atoms with E-state index in [1.165, 1.54) is 5.56 Å². The first-order valence-corrected chi connectivity index (χ1v) is 8.96. The number of hydrogen-bond donors (Lipinski definition) is 1. The highest BCUT2D eigenvalue weighted by molar-refractivity contribution is 14.0. The summed E-state index contributed by atoms with van der Waals surface area (Å²) in [6, 6.07) is 8.30. The minimum absolute atomic E-state index is 0. The Labute approximate surface area is 179 Å². The molecular weight excluding hydrogens is 455 g/mol. The van der Waals surface area contributed by atoms with Crippen molar-refractivity contribution < 1.29 is 4.74 Å². The van der Waals surface area contributed by atoms with Crippen LogP contribution >= 0.6 is 24.0 Å². The second kappa shape index (κ2) is 11.8. The van der Waals surface area contributed by atoms with Crippen LogP contribution in [0.15, 0.2) is 35.6 Å². The minimum Gasteiger partial charge on any atom is -0.493 e. The van der Waals surface area contributed by atoms with Gasteiger partial charge in [-0.05, 0) is 30.0 Å². The lowest BCUT2D eigenvalue weighted by atomic mass is 10.1. The van der Waals surface area contributed by atoms with E-state index in [1.807, 2.05) is 31.1 Å². The molecule has 0 atom stereocenters. The first-order chi connectivity index (χ1) is 12.5. The summed E-state index contributed by atoms with van der Waals surface area (Å²) < 4.78 is 7.49. The molecule has 150 valence electrons. The zero-order valence-corrected chi connectivity index (χ0v) is 19.2. The summed E-state index contributed by atoms with van der Waals surface area (Å²) in [7, 11) is 5.67. The maximum absolute atomic E-state index is 5.72. The second-order valence-corrected chi connectivity index (χ2v) is 6.73. The van der Waals surface area contributed by atoms with E-state index in [0.29, 0.717) is 12.5 Å². The Morgan fingerprint density at radius 3 is 2.56 bits per heavy atom. The molecule has 27 heavy (non-hydrogen) atoms. The average Bonchev–Trinajstić information content (AvgIpc) is 3.02. The van der Waals surface area contributed by atoms with Crippen molar-refractivity contribution in [2.75, 3.05) is 27.2 Å². The van der Waals surface area contributed by atoms with Crippen LogP contribution in [0.4, 0.5) is 0 Å². The lowest BCUT2D eigenvalue weighted by Crippen LogP contribution is -2.39. The molecule has 0 aliphatic heterocycles. The summed E-state index contributed by atoms with van der Waals surface area (Å²) in [5.41, 5.74) is 1.26. The fraction of sp³-hybridized carbons (Fsp3) is 0.526. The number of nitrogens with one attached hydrogen (secondary N) is 1. The minimum atomic E-state index is 0. The lowest BCUT2D eigenvalue weighted by Gasteiger charge is -2.21. The molecule has 1 aromatic heterocycles. The van der Waals surface area contributed by atoms with Gasteiger partial charge in [0.15, 0.2) is 5.96 Å². The van der Waals surface area contributed by atoms with Crippen molar-refractivity contribution in [3.05, 3.63) is 42.0 Å². The Morgan fingerprint density at radius 1 is 1.30 bits per heavy atom. The van der Waals surface area contributed by atoms with Crippen LogP contribution in [0, 0.1) is 5.92 Å². The molecule has 0 saturated carbocycles. The molecule has 2 aromatic rings. The molecule has 8 heteroatoms. The molecule has 2 rings (SSSR count). The maximum atomic E-state index is 5.72. The second-order valence-electron chi connectivity index (χ2n) is 6.73. The third kappa shape index (κ3) is 7.74. The van der Waals surface area contributed by atoms with E-state index in [-0.39, 0.29) is 24.0 Å². The third-order valence-corrected chi connectivity index (χ3v) is 3.96. The van der Waals surface area contributed by atoms with E-state index in [1.54, 1.807) is 18.1 Å². The van der Waals surface area contributed by atoms with Crippen LogP contribution in [0.1, 0.15) is 25.2 Å². The van der Waals surface area contributed by atoms with Crippen molar-refractivity contribution in [1.82, 2.24) is 25.0 Å². The smallest absolute Gasteiger partial charge is 0.193 e. The number of rotatable bonds is 8. The topological polar surface area (TPSA) is 67.6 Å². The van der Waals surface area contributed by atoms with Gasteiger partial charge in [-0.15, -0.1) is 24.0 Å². The van der Waals surface area contributed by atoms with Gasteiger partial charge in [0.2, 0.25) is 0 Å². The fourth-order valence-corrected chi connectivity index (χ4v) is 2.47. The van der Waals surface area contributed by atoms with Crippen LogP contribution < -0.4 is 10.1 Å². The average molecular weight is 486 g/mol. The van der Waals surface area contributed by atoms with Gasteiger partial charge in [-0.1, -0.05) is 26.0 Å². The summed E-state index contributed by atoms with van der Waals surface area (Å²) in [5.74, 6) is 3.19.